The van der Waals surface area contributed by atoms with Gasteiger partial charge in [-0.2, -0.15) is 0 Å². The van der Waals surface area contributed by atoms with Crippen molar-refractivity contribution >= 4 is 35.6 Å². The van der Waals surface area contributed by atoms with E-state index in [1.54, 1.807) is 30.2 Å². The highest BCUT2D eigenvalue weighted by atomic mass is 35.5. The van der Waals surface area contributed by atoms with Crippen molar-refractivity contribution in [2.45, 2.75) is 19.8 Å². The third-order valence-corrected chi connectivity index (χ3v) is 3.73. The van der Waals surface area contributed by atoms with Gasteiger partial charge in [-0.25, -0.2) is 0 Å². The Bertz CT molecular complexity index is 551. The van der Waals surface area contributed by atoms with E-state index in [1.165, 1.54) is 6.92 Å². The van der Waals surface area contributed by atoms with Crippen molar-refractivity contribution in [2.75, 3.05) is 31.2 Å². The van der Waals surface area contributed by atoms with Crippen LogP contribution in [0.4, 0.5) is 11.4 Å². The van der Waals surface area contributed by atoms with Crippen molar-refractivity contribution in [3.8, 4) is 5.75 Å². The van der Waals surface area contributed by atoms with E-state index in [4.69, 9.17) is 10.5 Å². The topological polar surface area (TPSA) is 84.7 Å². The zero-order chi connectivity index (χ0) is 15.4. The summed E-state index contributed by atoms with van der Waals surface area (Å²) < 4.78 is 5.08. The van der Waals surface area contributed by atoms with E-state index < -0.39 is 0 Å². The van der Waals surface area contributed by atoms with E-state index in [9.17, 15) is 9.59 Å². The first-order valence-corrected chi connectivity index (χ1v) is 7.01. The fraction of sp³-hybridized carbons (Fsp3) is 0.467. The van der Waals surface area contributed by atoms with E-state index >= 15 is 0 Å². The number of carbonyl (C=O) groups excluding carboxylic acids is 2. The molecule has 122 valence electrons. The molecule has 2 amide bonds. The molecule has 1 unspecified atom stereocenters. The average Bonchev–Trinajstić information content (AvgIpc) is 2.47. The van der Waals surface area contributed by atoms with Crippen LogP contribution in [0.2, 0.25) is 0 Å². The van der Waals surface area contributed by atoms with Gasteiger partial charge in [0.1, 0.15) is 5.75 Å². The summed E-state index contributed by atoms with van der Waals surface area (Å²) in [6.07, 6.45) is 1.64. The molecular formula is C15H22ClN3O3. The summed E-state index contributed by atoms with van der Waals surface area (Å²) in [5.74, 6) is 0.339. The minimum absolute atomic E-state index is 0. The number of nitrogen functional groups attached to an aromatic ring is 1. The molecule has 1 aromatic carbocycles. The lowest BCUT2D eigenvalue weighted by Crippen LogP contribution is -2.42. The fourth-order valence-corrected chi connectivity index (χ4v) is 2.53. The predicted octanol–water partition coefficient (Wildman–Crippen LogP) is 1.90. The van der Waals surface area contributed by atoms with Crippen molar-refractivity contribution in [3.05, 3.63) is 18.2 Å². The van der Waals surface area contributed by atoms with Gasteiger partial charge in [0.15, 0.2) is 0 Å². The lowest BCUT2D eigenvalue weighted by atomic mass is 9.97. The van der Waals surface area contributed by atoms with E-state index in [0.29, 0.717) is 23.7 Å². The van der Waals surface area contributed by atoms with Gasteiger partial charge in [0.2, 0.25) is 11.8 Å². The number of ether oxygens (including phenoxy) is 1. The van der Waals surface area contributed by atoms with Crippen LogP contribution in [0.25, 0.3) is 0 Å². The second-order valence-electron chi connectivity index (χ2n) is 5.25. The van der Waals surface area contributed by atoms with Crippen LogP contribution in [0.1, 0.15) is 19.8 Å². The number of halogens is 1. The lowest BCUT2D eigenvalue weighted by molar-refractivity contribution is -0.132. The Morgan fingerprint density at radius 2 is 2.14 bits per heavy atom. The lowest BCUT2D eigenvalue weighted by Gasteiger charge is -2.31. The van der Waals surface area contributed by atoms with Gasteiger partial charge in [-0.3, -0.25) is 9.59 Å². The largest absolute Gasteiger partial charge is 0.495 e. The van der Waals surface area contributed by atoms with E-state index in [1.807, 2.05) is 0 Å². The average molecular weight is 328 g/mol. The van der Waals surface area contributed by atoms with Crippen LogP contribution in [0.5, 0.6) is 5.75 Å². The number of methoxy groups -OCH3 is 1. The molecule has 0 saturated carbocycles. The zero-order valence-electron chi connectivity index (χ0n) is 12.8. The minimum atomic E-state index is -0.175. The van der Waals surface area contributed by atoms with Crippen LogP contribution in [0.15, 0.2) is 18.2 Å². The molecule has 0 aromatic heterocycles. The van der Waals surface area contributed by atoms with Crippen molar-refractivity contribution in [1.29, 1.82) is 0 Å². The monoisotopic (exact) mass is 327 g/mol. The normalized spacial score (nSPS) is 17.4. The standard InChI is InChI=1S/C15H21N3O3.ClH/c1-10(19)18-7-3-4-11(9-18)15(20)17-12-5-6-14(21-2)13(16)8-12;/h5-6,8,11H,3-4,7,9,16H2,1-2H3,(H,17,20);1H. The molecule has 1 aromatic rings. The number of amides is 2. The number of hydrogen-bond donors (Lipinski definition) is 2. The Hall–Kier alpha value is -1.95. The number of carbonyl (C=O) groups is 2. The molecule has 7 heteroatoms. The third-order valence-electron chi connectivity index (χ3n) is 3.73. The number of rotatable bonds is 3. The number of nitrogens with zero attached hydrogens (tertiary/aromatic N) is 1. The van der Waals surface area contributed by atoms with Gasteiger partial charge in [-0.05, 0) is 31.0 Å². The number of piperidine rings is 1. The number of benzene rings is 1. The summed E-state index contributed by atoms with van der Waals surface area (Å²) in [4.78, 5) is 25.4. The highest BCUT2D eigenvalue weighted by molar-refractivity contribution is 5.93. The summed E-state index contributed by atoms with van der Waals surface area (Å²) in [7, 11) is 1.54. The van der Waals surface area contributed by atoms with Gasteiger partial charge in [-0.1, -0.05) is 0 Å². The molecule has 0 aliphatic carbocycles. The second kappa shape index (κ2) is 7.89. The highest BCUT2D eigenvalue weighted by Crippen LogP contribution is 2.25. The van der Waals surface area contributed by atoms with Crippen molar-refractivity contribution in [2.24, 2.45) is 5.92 Å². The Kier molecular flexibility index (Phi) is 6.49. The van der Waals surface area contributed by atoms with Crippen LogP contribution in [0.3, 0.4) is 0 Å². The van der Waals surface area contributed by atoms with E-state index in [2.05, 4.69) is 5.32 Å². The summed E-state index contributed by atoms with van der Waals surface area (Å²) >= 11 is 0. The summed E-state index contributed by atoms with van der Waals surface area (Å²) in [5, 5.41) is 2.85. The molecule has 1 fully saturated rings. The van der Waals surface area contributed by atoms with Crippen molar-refractivity contribution in [3.63, 3.8) is 0 Å². The molecule has 2 rings (SSSR count). The van der Waals surface area contributed by atoms with Gasteiger partial charge < -0.3 is 20.7 Å². The predicted molar refractivity (Wildman–Crippen MR) is 88.3 cm³/mol. The Morgan fingerprint density at radius 3 is 2.73 bits per heavy atom. The second-order valence-corrected chi connectivity index (χ2v) is 5.25. The maximum absolute atomic E-state index is 12.3. The number of likely N-dealkylation sites (tertiary alicyclic amines) is 1. The Balaban J connectivity index is 0.00000242. The zero-order valence-corrected chi connectivity index (χ0v) is 13.6. The minimum Gasteiger partial charge on any atom is -0.495 e. The SMILES string of the molecule is COc1ccc(NC(=O)C2CCCN(C(C)=O)C2)cc1N.Cl. The van der Waals surface area contributed by atoms with Crippen LogP contribution in [0, 0.1) is 5.92 Å². The quantitative estimate of drug-likeness (QED) is 0.830. The smallest absolute Gasteiger partial charge is 0.229 e. The summed E-state index contributed by atoms with van der Waals surface area (Å²) in [5.41, 5.74) is 6.93. The molecule has 1 heterocycles. The Labute approximate surface area is 136 Å². The maximum Gasteiger partial charge on any atom is 0.229 e. The van der Waals surface area contributed by atoms with E-state index in [-0.39, 0.29) is 30.1 Å². The maximum atomic E-state index is 12.3. The highest BCUT2D eigenvalue weighted by Gasteiger charge is 2.27. The van der Waals surface area contributed by atoms with Crippen molar-refractivity contribution < 1.29 is 14.3 Å². The molecule has 1 atom stereocenters. The number of nitrogens with two attached hydrogens (primary N) is 1. The van der Waals surface area contributed by atoms with Gasteiger partial charge in [0.05, 0.1) is 18.7 Å². The van der Waals surface area contributed by atoms with Crippen molar-refractivity contribution in [1.82, 2.24) is 4.90 Å². The first-order valence-electron chi connectivity index (χ1n) is 7.01. The molecule has 1 aliphatic heterocycles. The molecule has 0 bridgehead atoms. The first-order chi connectivity index (χ1) is 10.0. The summed E-state index contributed by atoms with van der Waals surface area (Å²) in [6, 6.07) is 5.13. The molecule has 1 saturated heterocycles. The molecule has 6 nitrogen and oxygen atoms in total. The number of nitrogens with one attached hydrogen (secondary N) is 1. The summed E-state index contributed by atoms with van der Waals surface area (Å²) in [6.45, 7) is 2.74. The fourth-order valence-electron chi connectivity index (χ4n) is 2.53. The number of hydrogen-bond acceptors (Lipinski definition) is 4. The van der Waals surface area contributed by atoms with Gasteiger partial charge in [0, 0.05) is 25.7 Å². The third kappa shape index (κ3) is 4.27. The Morgan fingerprint density at radius 1 is 1.41 bits per heavy atom. The van der Waals surface area contributed by atoms with Crippen LogP contribution in [-0.2, 0) is 9.59 Å². The molecular weight excluding hydrogens is 306 g/mol. The van der Waals surface area contributed by atoms with E-state index in [0.717, 1.165) is 19.4 Å². The van der Waals surface area contributed by atoms with Gasteiger partial charge >= 0.3 is 0 Å². The van der Waals surface area contributed by atoms with Gasteiger partial charge in [-0.15, -0.1) is 12.4 Å². The van der Waals surface area contributed by atoms with Gasteiger partial charge in [0.25, 0.3) is 0 Å². The molecule has 22 heavy (non-hydrogen) atoms. The molecule has 0 spiro atoms. The number of anilines is 2. The van der Waals surface area contributed by atoms with Crippen LogP contribution < -0.4 is 15.8 Å². The van der Waals surface area contributed by atoms with Crippen LogP contribution >= 0.6 is 12.4 Å². The van der Waals surface area contributed by atoms with Crippen LogP contribution in [-0.4, -0.2) is 36.9 Å². The molecule has 3 N–H and O–H groups in total. The molecule has 0 radical (unpaired) electrons. The molecule has 1 aliphatic rings. The first kappa shape index (κ1) is 18.1.